The molecule has 0 N–H and O–H groups in total. The second-order valence-corrected chi connectivity index (χ2v) is 5.80. The number of carbonyl (C=O) groups excluding carboxylic acids is 1. The van der Waals surface area contributed by atoms with Crippen LogP contribution in [0.15, 0.2) is 54.6 Å². The maximum absolute atomic E-state index is 11.9. The van der Waals surface area contributed by atoms with E-state index in [4.69, 9.17) is 21.1 Å². The van der Waals surface area contributed by atoms with E-state index >= 15 is 0 Å². The number of rotatable bonds is 7. The first-order valence-electron chi connectivity index (χ1n) is 7.71. The van der Waals surface area contributed by atoms with E-state index in [0.29, 0.717) is 5.02 Å². The summed E-state index contributed by atoms with van der Waals surface area (Å²) in [5.41, 5.74) is 1.92. The van der Waals surface area contributed by atoms with Crippen molar-refractivity contribution in [3.8, 4) is 0 Å². The predicted molar refractivity (Wildman–Crippen MR) is 91.5 cm³/mol. The van der Waals surface area contributed by atoms with Gasteiger partial charge in [-0.2, -0.15) is 0 Å². The molecule has 0 heterocycles. The summed E-state index contributed by atoms with van der Waals surface area (Å²) in [6, 6.07) is 17.2. The van der Waals surface area contributed by atoms with Crippen LogP contribution in [0.2, 0.25) is 5.02 Å². The summed E-state index contributed by atoms with van der Waals surface area (Å²) >= 11 is 5.95. The molecule has 2 aromatic rings. The number of hydrogen-bond acceptors (Lipinski definition) is 3. The average molecular weight is 333 g/mol. The molecule has 0 spiro atoms. The summed E-state index contributed by atoms with van der Waals surface area (Å²) in [5, 5.41) is 0.664. The first kappa shape index (κ1) is 17.5. The molecule has 0 bridgehead atoms. The van der Waals surface area contributed by atoms with E-state index in [2.05, 4.69) is 0 Å². The van der Waals surface area contributed by atoms with E-state index in [9.17, 15) is 4.79 Å². The van der Waals surface area contributed by atoms with Crippen molar-refractivity contribution in [1.82, 2.24) is 0 Å². The lowest BCUT2D eigenvalue weighted by Crippen LogP contribution is -2.20. The molecule has 0 saturated heterocycles. The Hall–Kier alpha value is -1.84. The Kier molecular flexibility index (Phi) is 6.63. The Bertz CT molecular complexity index is 610. The SMILES string of the molecule is CCC(C)OC(=O)COC(c1ccccc1)c1ccc(Cl)cc1. The zero-order valence-electron chi connectivity index (χ0n) is 13.4. The predicted octanol–water partition coefficient (Wildman–Crippen LogP) is 4.79. The van der Waals surface area contributed by atoms with E-state index in [1.54, 1.807) is 0 Å². The van der Waals surface area contributed by atoms with Gasteiger partial charge < -0.3 is 9.47 Å². The fraction of sp³-hybridized carbons (Fsp3) is 0.316. The number of benzene rings is 2. The summed E-state index contributed by atoms with van der Waals surface area (Å²) in [6.07, 6.45) is 0.347. The zero-order chi connectivity index (χ0) is 16.7. The molecule has 0 aliphatic carbocycles. The zero-order valence-corrected chi connectivity index (χ0v) is 14.1. The molecule has 4 heteroatoms. The van der Waals surface area contributed by atoms with Crippen LogP contribution in [0.5, 0.6) is 0 Å². The van der Waals surface area contributed by atoms with Crippen LogP contribution in [0.25, 0.3) is 0 Å². The van der Waals surface area contributed by atoms with Crippen molar-refractivity contribution in [2.45, 2.75) is 32.5 Å². The van der Waals surface area contributed by atoms with Crippen molar-refractivity contribution in [1.29, 1.82) is 0 Å². The lowest BCUT2D eigenvalue weighted by molar-refractivity contribution is -0.155. The maximum atomic E-state index is 11.9. The molecule has 2 unspecified atom stereocenters. The Morgan fingerprint density at radius 1 is 1.04 bits per heavy atom. The first-order chi connectivity index (χ1) is 11.1. The van der Waals surface area contributed by atoms with Gasteiger partial charge in [0.25, 0.3) is 0 Å². The van der Waals surface area contributed by atoms with Crippen LogP contribution < -0.4 is 0 Å². The second kappa shape index (κ2) is 8.70. The molecule has 122 valence electrons. The summed E-state index contributed by atoms with van der Waals surface area (Å²) in [7, 11) is 0. The molecule has 0 radical (unpaired) electrons. The fourth-order valence-corrected chi connectivity index (χ4v) is 2.27. The van der Waals surface area contributed by atoms with Crippen LogP contribution in [-0.4, -0.2) is 18.7 Å². The van der Waals surface area contributed by atoms with Crippen LogP contribution >= 0.6 is 11.6 Å². The Balaban J connectivity index is 2.12. The molecule has 0 saturated carbocycles. The molecule has 3 nitrogen and oxygen atoms in total. The van der Waals surface area contributed by atoms with Gasteiger partial charge in [-0.25, -0.2) is 4.79 Å². The molecule has 2 rings (SSSR count). The van der Waals surface area contributed by atoms with Crippen molar-refractivity contribution < 1.29 is 14.3 Å². The van der Waals surface area contributed by atoms with E-state index in [1.807, 2.05) is 68.4 Å². The van der Waals surface area contributed by atoms with Crippen molar-refractivity contribution >= 4 is 17.6 Å². The van der Waals surface area contributed by atoms with Crippen molar-refractivity contribution in [2.75, 3.05) is 6.61 Å². The molecular formula is C19H21ClO3. The van der Waals surface area contributed by atoms with Crippen LogP contribution in [0.3, 0.4) is 0 Å². The molecule has 2 aromatic carbocycles. The lowest BCUT2D eigenvalue weighted by atomic mass is 10.0. The van der Waals surface area contributed by atoms with Gasteiger partial charge in [0.1, 0.15) is 12.7 Å². The standard InChI is InChI=1S/C19H21ClO3/c1-3-14(2)23-18(21)13-22-19(15-7-5-4-6-8-15)16-9-11-17(20)12-10-16/h4-12,14,19H,3,13H2,1-2H3. The number of esters is 1. The van der Waals surface area contributed by atoms with Gasteiger partial charge in [0.2, 0.25) is 0 Å². The lowest BCUT2D eigenvalue weighted by Gasteiger charge is -2.19. The summed E-state index contributed by atoms with van der Waals surface area (Å²) in [4.78, 5) is 11.9. The van der Waals surface area contributed by atoms with E-state index in [-0.39, 0.29) is 24.8 Å². The first-order valence-corrected chi connectivity index (χ1v) is 8.09. The highest BCUT2D eigenvalue weighted by molar-refractivity contribution is 6.30. The van der Waals surface area contributed by atoms with Crippen molar-refractivity contribution in [3.05, 3.63) is 70.7 Å². The fourth-order valence-electron chi connectivity index (χ4n) is 2.14. The maximum Gasteiger partial charge on any atom is 0.332 e. The van der Waals surface area contributed by atoms with Gasteiger partial charge in [0, 0.05) is 5.02 Å². The number of carbonyl (C=O) groups is 1. The Morgan fingerprint density at radius 2 is 1.65 bits per heavy atom. The molecule has 0 amide bonds. The van der Waals surface area contributed by atoms with Gasteiger partial charge in [-0.3, -0.25) is 0 Å². The summed E-state index contributed by atoms with van der Waals surface area (Å²) < 4.78 is 11.1. The van der Waals surface area contributed by atoms with Crippen molar-refractivity contribution in [3.63, 3.8) is 0 Å². The van der Waals surface area contributed by atoms with Crippen LogP contribution in [0, 0.1) is 0 Å². The van der Waals surface area contributed by atoms with Gasteiger partial charge in [0.05, 0.1) is 6.10 Å². The third-order valence-electron chi connectivity index (χ3n) is 3.55. The molecule has 2 atom stereocenters. The smallest absolute Gasteiger partial charge is 0.332 e. The molecule has 0 aliphatic heterocycles. The molecule has 23 heavy (non-hydrogen) atoms. The monoisotopic (exact) mass is 332 g/mol. The third kappa shape index (κ3) is 5.38. The quantitative estimate of drug-likeness (QED) is 0.684. The van der Waals surface area contributed by atoms with E-state index in [0.717, 1.165) is 17.5 Å². The van der Waals surface area contributed by atoms with E-state index in [1.165, 1.54) is 0 Å². The normalized spacial score (nSPS) is 13.3. The van der Waals surface area contributed by atoms with Gasteiger partial charge in [-0.15, -0.1) is 0 Å². The molecule has 0 fully saturated rings. The summed E-state index contributed by atoms with van der Waals surface area (Å²) in [6.45, 7) is 3.75. The molecule has 0 aromatic heterocycles. The van der Waals surface area contributed by atoms with Gasteiger partial charge in [-0.1, -0.05) is 61.0 Å². The average Bonchev–Trinajstić information content (AvgIpc) is 2.57. The highest BCUT2D eigenvalue weighted by Crippen LogP contribution is 2.27. The number of ether oxygens (including phenoxy) is 2. The van der Waals surface area contributed by atoms with Crippen LogP contribution in [-0.2, 0) is 14.3 Å². The highest BCUT2D eigenvalue weighted by Gasteiger charge is 2.17. The Morgan fingerprint density at radius 3 is 2.26 bits per heavy atom. The summed E-state index contributed by atoms with van der Waals surface area (Å²) in [5.74, 6) is -0.353. The van der Waals surface area contributed by atoms with Crippen LogP contribution in [0.1, 0.15) is 37.5 Å². The topological polar surface area (TPSA) is 35.5 Å². The minimum absolute atomic E-state index is 0.0907. The third-order valence-corrected chi connectivity index (χ3v) is 3.80. The van der Waals surface area contributed by atoms with Gasteiger partial charge >= 0.3 is 5.97 Å². The number of halogens is 1. The largest absolute Gasteiger partial charge is 0.461 e. The molecule has 0 aliphatic rings. The molecular weight excluding hydrogens is 312 g/mol. The minimum atomic E-state index is -0.353. The van der Waals surface area contributed by atoms with Crippen LogP contribution in [0.4, 0.5) is 0 Å². The second-order valence-electron chi connectivity index (χ2n) is 5.36. The van der Waals surface area contributed by atoms with Gasteiger partial charge in [-0.05, 0) is 36.6 Å². The minimum Gasteiger partial charge on any atom is -0.461 e. The highest BCUT2D eigenvalue weighted by atomic mass is 35.5. The van der Waals surface area contributed by atoms with Gasteiger partial charge in [0.15, 0.2) is 0 Å². The van der Waals surface area contributed by atoms with Crippen molar-refractivity contribution in [2.24, 2.45) is 0 Å². The van der Waals surface area contributed by atoms with E-state index < -0.39 is 0 Å². The Labute approximate surface area is 142 Å². The number of hydrogen-bond donors (Lipinski definition) is 0.